The molecule has 20 heteroatoms. The SMILES string of the molecule is C[C@@H]1CO[C@@H](NC(=O)C(F)(F)C(F)(F)C(F)(F)F)[C@@H](NC(=O)C(F)(F)C(F)(F)C(F)(F)F)O1. The summed E-state index contributed by atoms with van der Waals surface area (Å²) >= 11 is 0. The standard InChI is InChI=1S/C13H10F14N2O4/c1-3-2-32-4(28-6(30)8(14,15)10(18,19)12(22,23)24)5(33-3)29-7(31)9(16,17)11(20,21)13(25,26)27/h3-5H,2H2,1H3,(H,28,30)(H,29,31)/t3-,4-,5+/m1/s1. The van der Waals surface area contributed by atoms with Crippen LogP contribution in [0.25, 0.3) is 0 Å². The van der Waals surface area contributed by atoms with Crippen molar-refractivity contribution < 1.29 is 80.5 Å². The third kappa shape index (κ3) is 5.19. The van der Waals surface area contributed by atoms with Crippen LogP contribution in [0.3, 0.4) is 0 Å². The second-order valence-corrected chi connectivity index (χ2v) is 6.36. The van der Waals surface area contributed by atoms with Crippen molar-refractivity contribution in [3.05, 3.63) is 0 Å². The van der Waals surface area contributed by atoms with Crippen LogP contribution in [0, 0.1) is 0 Å². The Balaban J connectivity index is 3.14. The van der Waals surface area contributed by atoms with Crippen molar-refractivity contribution in [3.63, 3.8) is 0 Å². The number of hydrogen-bond donors (Lipinski definition) is 2. The molecule has 0 aromatic heterocycles. The molecule has 1 saturated heterocycles. The summed E-state index contributed by atoms with van der Waals surface area (Å²) in [4.78, 5) is 22.7. The van der Waals surface area contributed by atoms with Crippen LogP contribution in [0.4, 0.5) is 61.5 Å². The van der Waals surface area contributed by atoms with Crippen LogP contribution in [0.15, 0.2) is 0 Å². The Morgan fingerprint density at radius 1 is 0.667 bits per heavy atom. The van der Waals surface area contributed by atoms with Gasteiger partial charge in [-0.15, -0.1) is 0 Å². The first-order valence-corrected chi connectivity index (χ1v) is 7.95. The normalized spacial score (nSPS) is 23.8. The van der Waals surface area contributed by atoms with Gasteiger partial charge in [-0.1, -0.05) is 0 Å². The van der Waals surface area contributed by atoms with Gasteiger partial charge < -0.3 is 20.1 Å². The van der Waals surface area contributed by atoms with Crippen molar-refractivity contribution in [2.45, 2.75) is 61.5 Å². The first-order chi connectivity index (χ1) is 14.4. The minimum atomic E-state index is -6.98. The van der Waals surface area contributed by atoms with Gasteiger partial charge in [0.2, 0.25) is 0 Å². The Labute approximate surface area is 172 Å². The van der Waals surface area contributed by atoms with E-state index in [-0.39, 0.29) is 0 Å². The zero-order valence-electron chi connectivity index (χ0n) is 15.4. The molecule has 0 radical (unpaired) electrons. The zero-order valence-corrected chi connectivity index (χ0v) is 15.4. The Morgan fingerprint density at radius 2 is 1.00 bits per heavy atom. The smallest absolute Gasteiger partial charge is 0.351 e. The fourth-order valence-corrected chi connectivity index (χ4v) is 2.00. The van der Waals surface area contributed by atoms with E-state index < -0.39 is 73.0 Å². The minimum absolute atomic E-state index is 0.648. The van der Waals surface area contributed by atoms with Crippen LogP contribution in [0.1, 0.15) is 6.92 Å². The first-order valence-electron chi connectivity index (χ1n) is 7.95. The fraction of sp³-hybridized carbons (Fsp3) is 0.846. The van der Waals surface area contributed by atoms with E-state index in [1.807, 2.05) is 0 Å². The molecule has 33 heavy (non-hydrogen) atoms. The Kier molecular flexibility index (Phi) is 7.52. The highest BCUT2D eigenvalue weighted by Crippen LogP contribution is 2.47. The number of carbonyl (C=O) groups excluding carboxylic acids is 2. The molecule has 2 N–H and O–H groups in total. The largest absolute Gasteiger partial charge is 0.460 e. The molecule has 1 heterocycles. The molecule has 0 spiro atoms. The summed E-state index contributed by atoms with van der Waals surface area (Å²) in [5.74, 6) is -34.0. The van der Waals surface area contributed by atoms with E-state index in [0.717, 1.165) is 6.92 Å². The van der Waals surface area contributed by atoms with E-state index >= 15 is 0 Å². The maximum Gasteiger partial charge on any atom is 0.460 e. The summed E-state index contributed by atoms with van der Waals surface area (Å²) in [5.41, 5.74) is 0. The quantitative estimate of drug-likeness (QED) is 0.525. The molecule has 2 amide bonds. The summed E-state index contributed by atoms with van der Waals surface area (Å²) in [6.07, 6.45) is -20.9. The highest BCUT2D eigenvalue weighted by Gasteiger charge is 2.77. The predicted molar refractivity (Wildman–Crippen MR) is 72.3 cm³/mol. The van der Waals surface area contributed by atoms with Crippen LogP contribution < -0.4 is 10.6 Å². The molecule has 0 aliphatic carbocycles. The van der Waals surface area contributed by atoms with Crippen LogP contribution in [0.2, 0.25) is 0 Å². The number of halogens is 14. The maximum atomic E-state index is 13.4. The number of amides is 2. The summed E-state index contributed by atoms with van der Waals surface area (Å²) in [7, 11) is 0. The lowest BCUT2D eigenvalue weighted by atomic mass is 10.1. The molecular weight excluding hydrogens is 514 g/mol. The monoisotopic (exact) mass is 524 g/mol. The van der Waals surface area contributed by atoms with E-state index in [4.69, 9.17) is 0 Å². The fourth-order valence-electron chi connectivity index (χ4n) is 2.00. The van der Waals surface area contributed by atoms with Crippen molar-refractivity contribution >= 4 is 11.8 Å². The molecule has 1 fully saturated rings. The van der Waals surface area contributed by atoms with Gasteiger partial charge in [-0.3, -0.25) is 9.59 Å². The number of hydrogen-bond acceptors (Lipinski definition) is 4. The number of carbonyl (C=O) groups is 2. The molecule has 0 unspecified atom stereocenters. The molecule has 0 saturated carbocycles. The maximum absolute atomic E-state index is 13.4. The van der Waals surface area contributed by atoms with Crippen LogP contribution in [0.5, 0.6) is 0 Å². The number of rotatable bonds is 6. The van der Waals surface area contributed by atoms with Gasteiger partial charge in [-0.25, -0.2) is 0 Å². The van der Waals surface area contributed by atoms with Gasteiger partial charge in [-0.05, 0) is 6.92 Å². The zero-order chi connectivity index (χ0) is 26.4. The number of alkyl halides is 14. The molecule has 0 aromatic carbocycles. The summed E-state index contributed by atoms with van der Waals surface area (Å²) in [6.45, 7) is 0.139. The molecule has 6 nitrogen and oxygen atoms in total. The van der Waals surface area contributed by atoms with Crippen LogP contribution in [-0.4, -0.2) is 73.0 Å². The van der Waals surface area contributed by atoms with Crippen molar-refractivity contribution in [3.8, 4) is 0 Å². The average molecular weight is 524 g/mol. The highest BCUT2D eigenvalue weighted by molar-refractivity contribution is 5.86. The van der Waals surface area contributed by atoms with Crippen molar-refractivity contribution in [2.24, 2.45) is 0 Å². The average Bonchev–Trinajstić information content (AvgIpc) is 2.61. The molecule has 1 rings (SSSR count). The van der Waals surface area contributed by atoms with Gasteiger partial charge in [0.15, 0.2) is 12.5 Å². The van der Waals surface area contributed by atoms with Gasteiger partial charge in [0.1, 0.15) is 0 Å². The number of nitrogens with one attached hydrogen (secondary N) is 2. The lowest BCUT2D eigenvalue weighted by molar-refractivity contribution is -0.345. The topological polar surface area (TPSA) is 76.7 Å². The molecule has 1 aliphatic heterocycles. The Hall–Kier alpha value is -2.12. The molecule has 3 atom stereocenters. The minimum Gasteiger partial charge on any atom is -0.351 e. The third-order valence-electron chi connectivity index (χ3n) is 3.78. The van der Waals surface area contributed by atoms with Crippen LogP contribution >= 0.6 is 0 Å². The van der Waals surface area contributed by atoms with Gasteiger partial charge in [0.05, 0.1) is 12.7 Å². The van der Waals surface area contributed by atoms with Crippen molar-refractivity contribution in [2.75, 3.05) is 6.61 Å². The van der Waals surface area contributed by atoms with E-state index in [1.165, 1.54) is 0 Å². The predicted octanol–water partition coefficient (Wildman–Crippen LogP) is 2.97. The first kappa shape index (κ1) is 28.9. The van der Waals surface area contributed by atoms with E-state index in [2.05, 4.69) is 9.47 Å². The lowest BCUT2D eigenvalue weighted by Gasteiger charge is -2.38. The molecule has 0 bridgehead atoms. The van der Waals surface area contributed by atoms with Crippen LogP contribution in [-0.2, 0) is 19.1 Å². The van der Waals surface area contributed by atoms with Gasteiger partial charge in [0.25, 0.3) is 11.8 Å². The highest BCUT2D eigenvalue weighted by atomic mass is 19.4. The Morgan fingerprint density at radius 3 is 1.33 bits per heavy atom. The van der Waals surface area contributed by atoms with E-state index in [9.17, 15) is 71.1 Å². The van der Waals surface area contributed by atoms with E-state index in [1.54, 1.807) is 0 Å². The lowest BCUT2D eigenvalue weighted by Crippen LogP contribution is -2.67. The summed E-state index contributed by atoms with van der Waals surface area (Å²) in [5, 5.41) is 1.31. The third-order valence-corrected chi connectivity index (χ3v) is 3.78. The van der Waals surface area contributed by atoms with Crippen molar-refractivity contribution in [1.29, 1.82) is 0 Å². The molecule has 1 aliphatic rings. The molecular formula is C13H10F14N2O4. The van der Waals surface area contributed by atoms with Crippen molar-refractivity contribution in [1.82, 2.24) is 10.6 Å². The molecule has 0 aromatic rings. The van der Waals surface area contributed by atoms with Gasteiger partial charge in [-0.2, -0.15) is 61.5 Å². The molecule has 194 valence electrons. The van der Waals surface area contributed by atoms with Gasteiger partial charge >= 0.3 is 36.0 Å². The summed E-state index contributed by atoms with van der Waals surface area (Å²) in [6, 6.07) is 0. The van der Waals surface area contributed by atoms with E-state index in [0.29, 0.717) is 10.6 Å². The number of ether oxygens (including phenoxy) is 2. The second-order valence-electron chi connectivity index (χ2n) is 6.36. The van der Waals surface area contributed by atoms with Gasteiger partial charge in [0, 0.05) is 0 Å². The summed E-state index contributed by atoms with van der Waals surface area (Å²) < 4.78 is 187. The second kappa shape index (κ2) is 8.58. The Bertz CT molecular complexity index is 750.